The van der Waals surface area contributed by atoms with Gasteiger partial charge in [-0.05, 0) is 37.0 Å². The van der Waals surface area contributed by atoms with Gasteiger partial charge in [-0.1, -0.05) is 11.6 Å². The van der Waals surface area contributed by atoms with E-state index in [9.17, 15) is 16.8 Å². The van der Waals surface area contributed by atoms with E-state index in [1.165, 1.54) is 48.0 Å². The summed E-state index contributed by atoms with van der Waals surface area (Å²) in [5.41, 5.74) is 0. The summed E-state index contributed by atoms with van der Waals surface area (Å²) in [7, 11) is -2.67. The van der Waals surface area contributed by atoms with E-state index in [0.29, 0.717) is 31.7 Å². The minimum absolute atomic E-state index is 0.0657. The van der Waals surface area contributed by atoms with Gasteiger partial charge in [-0.25, -0.2) is 13.1 Å². The largest absolute Gasteiger partial charge is 0.495 e. The van der Waals surface area contributed by atoms with Crippen LogP contribution in [0.3, 0.4) is 0 Å². The molecule has 1 heterocycles. The highest BCUT2D eigenvalue weighted by Crippen LogP contribution is 2.27. The van der Waals surface area contributed by atoms with E-state index in [-0.39, 0.29) is 22.4 Å². The number of piperidine rings is 1. The molecular weight excluding hydrogens is 402 g/mol. The van der Waals surface area contributed by atoms with Crippen molar-refractivity contribution in [2.75, 3.05) is 40.8 Å². The Morgan fingerprint density at radius 1 is 1.23 bits per heavy atom. The second-order valence-electron chi connectivity index (χ2n) is 6.28. The molecule has 0 aliphatic carbocycles. The number of hydrogen-bond donors (Lipinski definition) is 1. The first-order valence-corrected chi connectivity index (χ1v) is 11.3. The zero-order chi connectivity index (χ0) is 19.5. The molecule has 0 aromatic heterocycles. The quantitative estimate of drug-likeness (QED) is 0.706. The van der Waals surface area contributed by atoms with Crippen molar-refractivity contribution in [3.63, 3.8) is 0 Å². The SMILES string of the molecule is COc1ccc(S(=O)(=O)NCC2CCN(S(=O)(=O)N(C)C)CC2)cc1Cl. The van der Waals surface area contributed by atoms with Crippen molar-refractivity contribution in [1.82, 2.24) is 13.3 Å². The molecule has 0 amide bonds. The van der Waals surface area contributed by atoms with Gasteiger partial charge in [0.15, 0.2) is 0 Å². The molecule has 148 valence electrons. The molecule has 0 atom stereocenters. The normalized spacial score (nSPS) is 17.6. The van der Waals surface area contributed by atoms with Gasteiger partial charge < -0.3 is 4.74 Å². The van der Waals surface area contributed by atoms with Crippen LogP contribution < -0.4 is 9.46 Å². The Bertz CT molecular complexity index is 835. The summed E-state index contributed by atoms with van der Waals surface area (Å²) in [6.45, 7) is 1.00. The molecule has 1 aromatic rings. The summed E-state index contributed by atoms with van der Waals surface area (Å²) < 4.78 is 59.2. The van der Waals surface area contributed by atoms with Crippen LogP contribution in [0, 0.1) is 5.92 Å². The molecule has 1 N–H and O–H groups in total. The van der Waals surface area contributed by atoms with Gasteiger partial charge in [0.1, 0.15) is 5.75 Å². The minimum Gasteiger partial charge on any atom is -0.495 e. The van der Waals surface area contributed by atoms with Crippen LogP contribution in [0.25, 0.3) is 0 Å². The molecule has 26 heavy (non-hydrogen) atoms. The number of benzene rings is 1. The Balaban J connectivity index is 1.94. The number of hydrogen-bond acceptors (Lipinski definition) is 5. The summed E-state index contributed by atoms with van der Waals surface area (Å²) >= 11 is 5.99. The average molecular weight is 426 g/mol. The molecule has 1 saturated heterocycles. The summed E-state index contributed by atoms with van der Waals surface area (Å²) in [5, 5.41) is 0.220. The Hall–Kier alpha value is -0.910. The molecule has 11 heteroatoms. The highest BCUT2D eigenvalue weighted by Gasteiger charge is 2.30. The van der Waals surface area contributed by atoms with Crippen LogP contribution in [0.15, 0.2) is 23.1 Å². The maximum atomic E-state index is 12.4. The van der Waals surface area contributed by atoms with E-state index in [4.69, 9.17) is 16.3 Å². The van der Waals surface area contributed by atoms with E-state index < -0.39 is 20.2 Å². The van der Waals surface area contributed by atoms with Crippen LogP contribution in [0.4, 0.5) is 0 Å². The van der Waals surface area contributed by atoms with Crippen LogP contribution in [-0.2, 0) is 20.2 Å². The molecule has 8 nitrogen and oxygen atoms in total. The summed E-state index contributed by atoms with van der Waals surface area (Å²) in [4.78, 5) is 0.0657. The third kappa shape index (κ3) is 4.87. The van der Waals surface area contributed by atoms with Gasteiger partial charge >= 0.3 is 0 Å². The number of nitrogens with one attached hydrogen (secondary N) is 1. The molecule has 1 fully saturated rings. The van der Waals surface area contributed by atoms with Crippen molar-refractivity contribution < 1.29 is 21.6 Å². The Morgan fingerprint density at radius 2 is 1.85 bits per heavy atom. The van der Waals surface area contributed by atoms with Crippen LogP contribution in [0.2, 0.25) is 5.02 Å². The smallest absolute Gasteiger partial charge is 0.281 e. The third-order valence-electron chi connectivity index (χ3n) is 4.36. The fourth-order valence-corrected chi connectivity index (χ4v) is 5.30. The van der Waals surface area contributed by atoms with E-state index in [1.54, 1.807) is 0 Å². The lowest BCUT2D eigenvalue weighted by Crippen LogP contribution is -2.45. The highest BCUT2D eigenvalue weighted by molar-refractivity contribution is 7.89. The van der Waals surface area contributed by atoms with Gasteiger partial charge in [-0.2, -0.15) is 17.0 Å². The number of methoxy groups -OCH3 is 1. The number of nitrogens with zero attached hydrogens (tertiary/aromatic N) is 2. The lowest BCUT2D eigenvalue weighted by molar-refractivity contribution is 0.263. The van der Waals surface area contributed by atoms with E-state index in [0.717, 1.165) is 0 Å². The Labute approximate surface area is 160 Å². The first-order valence-electron chi connectivity index (χ1n) is 8.08. The van der Waals surface area contributed by atoms with Gasteiger partial charge in [-0.3, -0.25) is 0 Å². The van der Waals surface area contributed by atoms with Crippen molar-refractivity contribution in [1.29, 1.82) is 0 Å². The van der Waals surface area contributed by atoms with Crippen molar-refractivity contribution >= 4 is 31.8 Å². The number of ether oxygens (including phenoxy) is 1. The first-order chi connectivity index (χ1) is 12.1. The van der Waals surface area contributed by atoms with Crippen molar-refractivity contribution in [3.05, 3.63) is 23.2 Å². The first kappa shape index (κ1) is 21.4. The maximum absolute atomic E-state index is 12.4. The standard InChI is InChI=1S/C15H24ClN3O5S2/c1-18(2)26(22,23)19-8-6-12(7-9-19)11-17-25(20,21)13-4-5-15(24-3)14(16)10-13/h4-5,10,12,17H,6-9,11H2,1-3H3. The number of sulfonamides is 1. The topological polar surface area (TPSA) is 96.0 Å². The molecule has 1 aromatic carbocycles. The molecule has 0 saturated carbocycles. The molecule has 0 spiro atoms. The highest BCUT2D eigenvalue weighted by atomic mass is 35.5. The fraction of sp³-hybridized carbons (Fsp3) is 0.600. The minimum atomic E-state index is -3.69. The van der Waals surface area contributed by atoms with Crippen LogP contribution in [-0.4, -0.2) is 66.3 Å². The fourth-order valence-electron chi connectivity index (χ4n) is 2.70. The lowest BCUT2D eigenvalue weighted by Gasteiger charge is -2.32. The van der Waals surface area contributed by atoms with Gasteiger partial charge in [0.05, 0.1) is 17.0 Å². The van der Waals surface area contributed by atoms with Crippen molar-refractivity contribution in [2.45, 2.75) is 17.7 Å². The van der Waals surface area contributed by atoms with Crippen LogP contribution in [0.5, 0.6) is 5.75 Å². The van der Waals surface area contributed by atoms with Gasteiger partial charge in [-0.15, -0.1) is 0 Å². The van der Waals surface area contributed by atoms with Crippen molar-refractivity contribution in [3.8, 4) is 5.75 Å². The molecule has 0 unspecified atom stereocenters. The van der Waals surface area contributed by atoms with E-state index in [1.807, 2.05) is 0 Å². The third-order valence-corrected chi connectivity index (χ3v) is 8.01. The van der Waals surface area contributed by atoms with E-state index in [2.05, 4.69) is 4.72 Å². The predicted molar refractivity (Wildman–Crippen MR) is 100 cm³/mol. The van der Waals surface area contributed by atoms with Gasteiger partial charge in [0.25, 0.3) is 10.2 Å². The molecule has 0 radical (unpaired) electrons. The van der Waals surface area contributed by atoms with Gasteiger partial charge in [0.2, 0.25) is 10.0 Å². The maximum Gasteiger partial charge on any atom is 0.281 e. The monoisotopic (exact) mass is 425 g/mol. The lowest BCUT2D eigenvalue weighted by atomic mass is 9.99. The van der Waals surface area contributed by atoms with Crippen LogP contribution in [0.1, 0.15) is 12.8 Å². The van der Waals surface area contributed by atoms with Crippen LogP contribution >= 0.6 is 11.6 Å². The number of halogens is 1. The van der Waals surface area contributed by atoms with Gasteiger partial charge in [0, 0.05) is 33.7 Å². The Kier molecular flexibility index (Phi) is 6.92. The molecular formula is C15H24ClN3O5S2. The molecule has 1 aliphatic rings. The predicted octanol–water partition coefficient (Wildman–Crippen LogP) is 1.15. The average Bonchev–Trinajstić information content (AvgIpc) is 2.60. The summed E-state index contributed by atoms with van der Waals surface area (Å²) in [6, 6.07) is 4.27. The zero-order valence-corrected chi connectivity index (χ0v) is 17.4. The molecule has 1 aliphatic heterocycles. The molecule has 2 rings (SSSR count). The molecule has 0 bridgehead atoms. The summed E-state index contributed by atoms with van der Waals surface area (Å²) in [6.07, 6.45) is 1.19. The second-order valence-corrected chi connectivity index (χ2v) is 10.6. The Morgan fingerprint density at radius 3 is 2.35 bits per heavy atom. The second kappa shape index (κ2) is 8.41. The van der Waals surface area contributed by atoms with Crippen molar-refractivity contribution in [2.24, 2.45) is 5.92 Å². The summed E-state index contributed by atoms with van der Waals surface area (Å²) in [5.74, 6) is 0.479. The zero-order valence-electron chi connectivity index (χ0n) is 15.0. The van der Waals surface area contributed by atoms with E-state index >= 15 is 0 Å². The number of rotatable bonds is 7.